The van der Waals surface area contributed by atoms with Crippen LogP contribution in [-0.2, 0) is 21.7 Å². The first-order valence-corrected chi connectivity index (χ1v) is 15.2. The van der Waals surface area contributed by atoms with Crippen LogP contribution in [0.2, 0.25) is 0 Å². The summed E-state index contributed by atoms with van der Waals surface area (Å²) in [6, 6.07) is 68.7. The van der Waals surface area contributed by atoms with E-state index in [9.17, 15) is 0 Å². The number of fused-ring (bicyclic) bond motifs is 4. The van der Waals surface area contributed by atoms with E-state index in [0.717, 1.165) is 0 Å². The van der Waals surface area contributed by atoms with Crippen molar-refractivity contribution in [3.63, 3.8) is 0 Å². The van der Waals surface area contributed by atoms with Crippen LogP contribution in [0.5, 0.6) is 0 Å². The third-order valence-electron chi connectivity index (χ3n) is 11.3. The minimum atomic E-state index is -0.134. The number of hydrogen-bond donors (Lipinski definition) is 0. The number of hydrogen-bond acceptors (Lipinski definition) is 0. The van der Waals surface area contributed by atoms with Gasteiger partial charge in [0, 0.05) is 21.7 Å². The zero-order valence-electron chi connectivity index (χ0n) is 23.5. The van der Waals surface area contributed by atoms with Gasteiger partial charge in [-0.1, -0.05) is 182 Å². The molecule has 0 aromatic heterocycles. The van der Waals surface area contributed by atoms with Crippen LogP contribution in [-0.4, -0.2) is 0 Å². The van der Waals surface area contributed by atoms with E-state index in [1.165, 1.54) is 33.4 Å². The fraction of sp³-hybridized carbons (Fsp3) is 0.143. The van der Waals surface area contributed by atoms with E-state index in [1.54, 1.807) is 0 Å². The smallest absolute Gasteiger partial charge is 0.0352 e. The zero-order chi connectivity index (χ0) is 27.8. The Morgan fingerprint density at radius 3 is 0.643 bits per heavy atom. The van der Waals surface area contributed by atoms with Gasteiger partial charge in [0.15, 0.2) is 0 Å². The third-order valence-corrected chi connectivity index (χ3v) is 11.3. The molecule has 0 amide bonds. The van der Waals surface area contributed by atoms with Gasteiger partial charge in [0.25, 0.3) is 0 Å². The van der Waals surface area contributed by atoms with Crippen LogP contribution < -0.4 is 0 Å². The molecule has 0 heteroatoms. The van der Waals surface area contributed by atoms with Gasteiger partial charge in [-0.15, -0.1) is 0 Å². The largest absolute Gasteiger partial charge is 0.0622 e. The molecule has 0 heterocycles. The monoisotopic (exact) mass is 536 g/mol. The van der Waals surface area contributed by atoms with Crippen LogP contribution in [0.15, 0.2) is 182 Å². The van der Waals surface area contributed by atoms with Crippen molar-refractivity contribution in [3.8, 4) is 0 Å². The molecule has 3 fully saturated rings. The minimum Gasteiger partial charge on any atom is -0.0622 e. The Hall–Kier alpha value is -4.68. The Kier molecular flexibility index (Phi) is 4.81. The van der Waals surface area contributed by atoms with Crippen LogP contribution >= 0.6 is 0 Å². The van der Waals surface area contributed by atoms with Gasteiger partial charge in [-0.05, 0) is 45.2 Å². The molecule has 200 valence electrons. The van der Waals surface area contributed by atoms with Crippen molar-refractivity contribution in [2.24, 2.45) is 11.8 Å². The molecule has 0 saturated heterocycles. The summed E-state index contributed by atoms with van der Waals surface area (Å²) in [6.07, 6.45) is 0. The molecule has 6 aromatic carbocycles. The topological polar surface area (TPSA) is 0 Å². The lowest BCUT2D eigenvalue weighted by molar-refractivity contribution is 0.305. The van der Waals surface area contributed by atoms with Crippen LogP contribution in [0, 0.1) is 11.8 Å². The first-order valence-electron chi connectivity index (χ1n) is 15.2. The summed E-state index contributed by atoms with van der Waals surface area (Å²) in [5.41, 5.74) is 8.13. The normalized spacial score (nSPS) is 27.1. The number of rotatable bonds is 6. The van der Waals surface area contributed by atoms with E-state index in [-0.39, 0.29) is 21.7 Å². The Balaban J connectivity index is 1.45. The van der Waals surface area contributed by atoms with Gasteiger partial charge in [-0.25, -0.2) is 0 Å². The quantitative estimate of drug-likeness (QED) is 0.199. The summed E-state index contributed by atoms with van der Waals surface area (Å²) in [7, 11) is 0. The van der Waals surface area contributed by atoms with Crippen molar-refractivity contribution in [3.05, 3.63) is 215 Å². The lowest BCUT2D eigenvalue weighted by atomic mass is 9.59. The minimum absolute atomic E-state index is 0.123. The third kappa shape index (κ3) is 2.45. The van der Waals surface area contributed by atoms with Gasteiger partial charge in [0.2, 0.25) is 0 Å². The lowest BCUT2D eigenvalue weighted by Crippen LogP contribution is -2.44. The van der Waals surface area contributed by atoms with Crippen molar-refractivity contribution in [2.45, 2.75) is 21.7 Å². The van der Waals surface area contributed by atoms with E-state index in [0.29, 0.717) is 11.8 Å². The fourth-order valence-corrected chi connectivity index (χ4v) is 10.5. The second-order valence-electron chi connectivity index (χ2n) is 12.4. The maximum absolute atomic E-state index is 2.42. The second kappa shape index (κ2) is 8.43. The highest BCUT2D eigenvalue weighted by atomic mass is 15.1. The highest BCUT2D eigenvalue weighted by Gasteiger charge is 3.09. The predicted octanol–water partition coefficient (Wildman–Crippen LogP) is 9.11. The molecule has 0 spiro atoms. The Morgan fingerprint density at radius 1 is 0.238 bits per heavy atom. The molecular formula is C42H32. The molecule has 0 nitrogen and oxygen atoms in total. The van der Waals surface area contributed by atoms with Crippen LogP contribution in [0.1, 0.15) is 33.4 Å². The average Bonchev–Trinajstić information content (AvgIpc) is 3.87. The van der Waals surface area contributed by atoms with Crippen molar-refractivity contribution in [1.29, 1.82) is 0 Å². The van der Waals surface area contributed by atoms with Crippen molar-refractivity contribution in [1.82, 2.24) is 0 Å². The summed E-state index contributed by atoms with van der Waals surface area (Å²) in [5.74, 6) is 0.885. The van der Waals surface area contributed by atoms with Crippen molar-refractivity contribution < 1.29 is 0 Å². The molecule has 3 aliphatic carbocycles. The second-order valence-corrected chi connectivity index (χ2v) is 12.4. The summed E-state index contributed by atoms with van der Waals surface area (Å²) in [6.45, 7) is 0. The molecular weight excluding hydrogens is 504 g/mol. The van der Waals surface area contributed by atoms with Gasteiger partial charge >= 0.3 is 0 Å². The predicted molar refractivity (Wildman–Crippen MR) is 171 cm³/mol. The van der Waals surface area contributed by atoms with E-state index in [2.05, 4.69) is 182 Å². The first-order chi connectivity index (χ1) is 20.9. The molecule has 0 N–H and O–H groups in total. The molecule has 3 aliphatic rings. The van der Waals surface area contributed by atoms with Gasteiger partial charge < -0.3 is 0 Å². The Morgan fingerprint density at radius 2 is 0.429 bits per heavy atom. The van der Waals surface area contributed by atoms with Crippen LogP contribution in [0.25, 0.3) is 0 Å². The SMILES string of the molecule is c1ccc(C2(c3ccccc3)[C@H]3[C@@H]4C(c5ccccc5)(c5ccccc5)[C@]4(c4ccccc4)[C@]32c2ccccc2)cc1. The van der Waals surface area contributed by atoms with E-state index >= 15 is 0 Å². The van der Waals surface area contributed by atoms with E-state index in [4.69, 9.17) is 0 Å². The fourth-order valence-electron chi connectivity index (χ4n) is 10.5. The van der Waals surface area contributed by atoms with Gasteiger partial charge in [-0.2, -0.15) is 0 Å². The molecule has 3 saturated carbocycles. The van der Waals surface area contributed by atoms with Gasteiger partial charge in [0.1, 0.15) is 0 Å². The molecule has 9 rings (SSSR count). The summed E-state index contributed by atoms with van der Waals surface area (Å²) < 4.78 is 0. The average molecular weight is 537 g/mol. The van der Waals surface area contributed by atoms with Crippen LogP contribution in [0.4, 0.5) is 0 Å². The zero-order valence-corrected chi connectivity index (χ0v) is 23.5. The van der Waals surface area contributed by atoms with Crippen molar-refractivity contribution in [2.75, 3.05) is 0 Å². The highest BCUT2D eigenvalue weighted by molar-refractivity contribution is 5.84. The standard InChI is InChI=1S/C42H32/c1-7-19-31(20-8-1)39(32-21-9-2-10-22-32)37-38-40(33-23-11-3-12-24-33,34-25-13-4-14-26-34)42(38,36-29-17-6-18-30-36)41(37,39)35-27-15-5-16-28-35/h1-30,37-38H/t37-,38-,41-,42-/m1/s1. The molecule has 0 aliphatic heterocycles. The van der Waals surface area contributed by atoms with Gasteiger partial charge in [-0.3, -0.25) is 0 Å². The highest BCUT2D eigenvalue weighted by Crippen LogP contribution is 3.05. The summed E-state index contributed by atoms with van der Waals surface area (Å²) in [5, 5.41) is 0. The summed E-state index contributed by atoms with van der Waals surface area (Å²) in [4.78, 5) is 0. The molecule has 4 atom stereocenters. The van der Waals surface area contributed by atoms with E-state index < -0.39 is 0 Å². The Bertz CT molecular complexity index is 1640. The lowest BCUT2D eigenvalue weighted by Gasteiger charge is -2.42. The van der Waals surface area contributed by atoms with E-state index in [1.807, 2.05) is 0 Å². The molecule has 0 radical (unpaired) electrons. The molecule has 42 heavy (non-hydrogen) atoms. The summed E-state index contributed by atoms with van der Waals surface area (Å²) >= 11 is 0. The van der Waals surface area contributed by atoms with Crippen LogP contribution in [0.3, 0.4) is 0 Å². The maximum atomic E-state index is 2.42. The Labute approximate surface area is 248 Å². The maximum Gasteiger partial charge on any atom is 0.0352 e. The van der Waals surface area contributed by atoms with Crippen molar-refractivity contribution >= 4 is 0 Å². The molecule has 0 bridgehead atoms. The van der Waals surface area contributed by atoms with Gasteiger partial charge in [0.05, 0.1) is 0 Å². The molecule has 0 unspecified atom stereocenters. The number of benzene rings is 6. The molecule has 6 aromatic rings. The first kappa shape index (κ1) is 24.0.